The molecule has 0 aromatic rings. The second-order valence-corrected chi connectivity index (χ2v) is 23.4. The van der Waals surface area contributed by atoms with E-state index in [1.807, 2.05) is 0 Å². The van der Waals surface area contributed by atoms with Crippen molar-refractivity contribution < 1.29 is 28.6 Å². The number of esters is 3. The molecule has 0 rings (SSSR count). The topological polar surface area (TPSA) is 78.9 Å². The van der Waals surface area contributed by atoms with E-state index in [1.54, 1.807) is 0 Å². The molecule has 6 nitrogen and oxygen atoms in total. The van der Waals surface area contributed by atoms with Crippen LogP contribution in [-0.2, 0) is 28.6 Å². The van der Waals surface area contributed by atoms with E-state index in [0.29, 0.717) is 19.3 Å². The second-order valence-electron chi connectivity index (χ2n) is 23.4. The predicted octanol–water partition coefficient (Wildman–Crippen LogP) is 24.4. The molecule has 1 unspecified atom stereocenters. The van der Waals surface area contributed by atoms with Crippen LogP contribution in [0.1, 0.15) is 348 Å². The molecule has 472 valence electrons. The predicted molar refractivity (Wildman–Crippen MR) is 357 cm³/mol. The van der Waals surface area contributed by atoms with Gasteiger partial charge in [0.15, 0.2) is 6.10 Å². The second kappa shape index (κ2) is 69.8. The molecule has 0 radical (unpaired) electrons. The van der Waals surface area contributed by atoms with Crippen LogP contribution in [0.4, 0.5) is 0 Å². The minimum absolute atomic E-state index is 0.0757. The van der Waals surface area contributed by atoms with Gasteiger partial charge in [-0.2, -0.15) is 0 Å². The molecule has 6 heteroatoms. The molecule has 0 bridgehead atoms. The van der Waals surface area contributed by atoms with Crippen molar-refractivity contribution in [2.45, 2.75) is 354 Å². The van der Waals surface area contributed by atoms with E-state index in [-0.39, 0.29) is 31.1 Å². The first-order valence-corrected chi connectivity index (χ1v) is 35.2. The van der Waals surface area contributed by atoms with E-state index in [2.05, 4.69) is 118 Å². The lowest BCUT2D eigenvalue weighted by Gasteiger charge is -2.18. The van der Waals surface area contributed by atoms with Crippen LogP contribution in [-0.4, -0.2) is 37.2 Å². The highest BCUT2D eigenvalue weighted by Crippen LogP contribution is 2.17. The van der Waals surface area contributed by atoms with Crippen molar-refractivity contribution in [1.29, 1.82) is 0 Å². The molecule has 0 fully saturated rings. The van der Waals surface area contributed by atoms with Crippen LogP contribution in [0.5, 0.6) is 0 Å². The van der Waals surface area contributed by atoms with Gasteiger partial charge in [0.25, 0.3) is 0 Å². The van der Waals surface area contributed by atoms with E-state index in [9.17, 15) is 14.4 Å². The number of allylic oxidation sites excluding steroid dienone is 16. The van der Waals surface area contributed by atoms with Gasteiger partial charge in [-0.15, -0.1) is 0 Å². The zero-order chi connectivity index (χ0) is 59.2. The van der Waals surface area contributed by atoms with Crippen LogP contribution in [0.15, 0.2) is 97.2 Å². The number of unbranched alkanes of at least 4 members (excludes halogenated alkanes) is 37. The summed E-state index contributed by atoms with van der Waals surface area (Å²) in [7, 11) is 0. The third-order valence-electron chi connectivity index (χ3n) is 15.3. The summed E-state index contributed by atoms with van der Waals surface area (Å²) in [6, 6.07) is 0. The molecule has 0 aliphatic rings. The van der Waals surface area contributed by atoms with Crippen molar-refractivity contribution in [1.82, 2.24) is 0 Å². The fraction of sp³-hybridized carbons (Fsp3) is 0.750. The highest BCUT2D eigenvalue weighted by Gasteiger charge is 2.19. The van der Waals surface area contributed by atoms with Gasteiger partial charge < -0.3 is 14.2 Å². The van der Waals surface area contributed by atoms with Crippen molar-refractivity contribution in [3.63, 3.8) is 0 Å². The normalized spacial score (nSPS) is 12.7. The van der Waals surface area contributed by atoms with Crippen LogP contribution < -0.4 is 0 Å². The number of hydrogen-bond donors (Lipinski definition) is 0. The number of carbonyl (C=O) groups excluding carboxylic acids is 3. The van der Waals surface area contributed by atoms with Crippen molar-refractivity contribution in [2.24, 2.45) is 0 Å². The molecule has 0 spiro atoms. The van der Waals surface area contributed by atoms with Gasteiger partial charge in [0, 0.05) is 19.3 Å². The third-order valence-corrected chi connectivity index (χ3v) is 15.3. The summed E-state index contributed by atoms with van der Waals surface area (Å²) >= 11 is 0. The van der Waals surface area contributed by atoms with Gasteiger partial charge in [-0.3, -0.25) is 14.4 Å². The number of rotatable bonds is 64. The Balaban J connectivity index is 4.17. The summed E-state index contributed by atoms with van der Waals surface area (Å²) in [6.07, 6.45) is 94.3. The Bertz CT molecular complexity index is 1590. The largest absolute Gasteiger partial charge is 0.462 e. The minimum Gasteiger partial charge on any atom is -0.462 e. The average Bonchev–Trinajstić information content (AvgIpc) is 3.47. The molecule has 0 aromatic carbocycles. The SMILES string of the molecule is CC/C=C\C/C=C\C/C=C\C/C=C\C/C=C\C/C=C\C/C=C\CCCCCCCCCCCCCCCC(=O)OCC(COC(=O)CCCCCCC/C=C\CCCCCC)OC(=O)CCCCCCCCCCCCCCCCCC. The lowest BCUT2D eigenvalue weighted by atomic mass is 10.0. The minimum atomic E-state index is -0.779. The van der Waals surface area contributed by atoms with Gasteiger partial charge in [0.2, 0.25) is 0 Å². The van der Waals surface area contributed by atoms with Gasteiger partial charge in [-0.1, -0.05) is 323 Å². The number of ether oxygens (including phenoxy) is 3. The fourth-order valence-corrected chi connectivity index (χ4v) is 10.1. The fourth-order valence-electron chi connectivity index (χ4n) is 10.1. The molecule has 0 amide bonds. The molecule has 0 saturated heterocycles. The summed E-state index contributed by atoms with van der Waals surface area (Å²) in [6.45, 7) is 6.54. The molecule has 0 aliphatic heterocycles. The summed E-state index contributed by atoms with van der Waals surface area (Å²) in [4.78, 5) is 38.4. The van der Waals surface area contributed by atoms with Crippen molar-refractivity contribution in [2.75, 3.05) is 13.2 Å². The molecule has 0 saturated carbocycles. The Kier molecular flexibility index (Phi) is 66.7. The molecule has 0 heterocycles. The smallest absolute Gasteiger partial charge is 0.306 e. The highest BCUT2D eigenvalue weighted by atomic mass is 16.6. The molecular weight excluding hydrogens is 1010 g/mol. The first kappa shape index (κ1) is 78.3. The number of hydrogen-bond acceptors (Lipinski definition) is 6. The molecular formula is C76H132O6. The molecule has 82 heavy (non-hydrogen) atoms. The van der Waals surface area contributed by atoms with Crippen LogP contribution >= 0.6 is 0 Å². The summed E-state index contributed by atoms with van der Waals surface area (Å²) in [5, 5.41) is 0. The van der Waals surface area contributed by atoms with Crippen LogP contribution in [0, 0.1) is 0 Å². The highest BCUT2D eigenvalue weighted by molar-refractivity contribution is 5.71. The van der Waals surface area contributed by atoms with E-state index >= 15 is 0 Å². The standard InChI is InChI=1S/C76H132O6/c1-4-7-10-13-16-19-22-25-27-29-30-31-32-33-34-35-36-37-38-39-40-41-42-43-44-45-46-47-49-51-54-57-60-63-66-69-75(78)81-72-73(71-80-74(77)68-65-62-59-56-53-50-24-21-18-15-12-9-6-3)82-76(79)70-67-64-61-58-55-52-48-28-26-23-20-17-14-11-8-5-2/h7,10,16,19,21,24-25,27,30-31,33-34,36-37,39-40,73H,4-6,8-9,11-15,17-18,20,22-23,26,28-29,32,35,38,41-72H2,1-3H3/b10-7-,19-16-,24-21-,27-25-,31-30-,34-33-,37-36-,40-39-. The maximum Gasteiger partial charge on any atom is 0.306 e. The Morgan fingerprint density at radius 1 is 0.256 bits per heavy atom. The zero-order valence-electron chi connectivity index (χ0n) is 54.2. The molecule has 1 atom stereocenters. The van der Waals surface area contributed by atoms with E-state index in [4.69, 9.17) is 14.2 Å². The Morgan fingerprint density at radius 2 is 0.476 bits per heavy atom. The van der Waals surface area contributed by atoms with Crippen LogP contribution in [0.25, 0.3) is 0 Å². The summed E-state index contributed by atoms with van der Waals surface area (Å²) in [5.74, 6) is -0.868. The quantitative estimate of drug-likeness (QED) is 0.0261. The van der Waals surface area contributed by atoms with Gasteiger partial charge in [0.1, 0.15) is 13.2 Å². The molecule has 0 aromatic heterocycles. The molecule has 0 N–H and O–H groups in total. The van der Waals surface area contributed by atoms with Crippen LogP contribution in [0.2, 0.25) is 0 Å². The van der Waals surface area contributed by atoms with Gasteiger partial charge in [-0.05, 0) is 103 Å². The van der Waals surface area contributed by atoms with E-state index < -0.39 is 6.10 Å². The summed E-state index contributed by atoms with van der Waals surface area (Å²) < 4.78 is 17.0. The lowest BCUT2D eigenvalue weighted by molar-refractivity contribution is -0.167. The van der Waals surface area contributed by atoms with E-state index in [1.165, 1.54) is 199 Å². The maximum absolute atomic E-state index is 12.9. The Morgan fingerprint density at radius 3 is 0.768 bits per heavy atom. The van der Waals surface area contributed by atoms with E-state index in [0.717, 1.165) is 109 Å². The first-order valence-electron chi connectivity index (χ1n) is 35.2. The third kappa shape index (κ3) is 67.1. The van der Waals surface area contributed by atoms with Gasteiger partial charge in [0.05, 0.1) is 0 Å². The van der Waals surface area contributed by atoms with Crippen LogP contribution in [0.3, 0.4) is 0 Å². The molecule has 0 aliphatic carbocycles. The summed E-state index contributed by atoms with van der Waals surface area (Å²) in [5.41, 5.74) is 0. The monoisotopic (exact) mass is 1140 g/mol. The Hall–Kier alpha value is -3.67. The van der Waals surface area contributed by atoms with Crippen molar-refractivity contribution in [3.05, 3.63) is 97.2 Å². The van der Waals surface area contributed by atoms with Gasteiger partial charge >= 0.3 is 17.9 Å². The van der Waals surface area contributed by atoms with Crippen molar-refractivity contribution in [3.8, 4) is 0 Å². The first-order chi connectivity index (χ1) is 40.5. The van der Waals surface area contributed by atoms with Crippen molar-refractivity contribution >= 4 is 17.9 Å². The Labute approximate surface area is 508 Å². The number of carbonyl (C=O) groups is 3. The zero-order valence-corrected chi connectivity index (χ0v) is 54.2. The lowest BCUT2D eigenvalue weighted by Crippen LogP contribution is -2.30. The van der Waals surface area contributed by atoms with Gasteiger partial charge in [-0.25, -0.2) is 0 Å². The maximum atomic E-state index is 12.9. The average molecular weight is 1140 g/mol.